The molecule has 0 aliphatic rings. The topological polar surface area (TPSA) is 84.3 Å². The van der Waals surface area contributed by atoms with Crippen molar-refractivity contribution in [3.63, 3.8) is 0 Å². The van der Waals surface area contributed by atoms with Crippen LogP contribution in [-0.2, 0) is 4.79 Å². The summed E-state index contributed by atoms with van der Waals surface area (Å²) in [7, 11) is 0. The highest BCUT2D eigenvalue weighted by molar-refractivity contribution is 6.15. The van der Waals surface area contributed by atoms with Gasteiger partial charge in [0.1, 0.15) is 5.69 Å². The first-order valence-electron chi connectivity index (χ1n) is 10.8. The number of hydrogen-bond donors (Lipinski definition) is 2. The number of rotatable bonds is 5. The number of nitro groups is 1. The van der Waals surface area contributed by atoms with Gasteiger partial charge in [-0.15, -0.1) is 0 Å². The summed E-state index contributed by atoms with van der Waals surface area (Å²) in [6.07, 6.45) is 0. The van der Waals surface area contributed by atoms with Crippen molar-refractivity contribution in [2.45, 2.75) is 6.92 Å². The average Bonchev–Trinajstić information content (AvgIpc) is 2.84. The molecule has 0 aromatic heterocycles. The van der Waals surface area contributed by atoms with Crippen LogP contribution in [0, 0.1) is 10.1 Å². The van der Waals surface area contributed by atoms with Gasteiger partial charge < -0.3 is 10.6 Å². The molecule has 0 radical (unpaired) electrons. The molecule has 0 spiro atoms. The molecule has 166 valence electrons. The monoisotopic (exact) mass is 447 g/mol. The molecule has 6 nitrogen and oxygen atoms in total. The molecule has 5 aromatic rings. The molecule has 0 aliphatic heterocycles. The van der Waals surface area contributed by atoms with Gasteiger partial charge in [0.2, 0.25) is 5.91 Å². The minimum atomic E-state index is -0.399. The van der Waals surface area contributed by atoms with Crippen LogP contribution in [-0.4, -0.2) is 10.8 Å². The molecule has 2 N–H and O–H groups in total. The number of benzene rings is 5. The van der Waals surface area contributed by atoms with Crippen LogP contribution in [0.4, 0.5) is 22.7 Å². The van der Waals surface area contributed by atoms with E-state index in [0.717, 1.165) is 32.7 Å². The molecule has 0 saturated heterocycles. The second-order valence-electron chi connectivity index (χ2n) is 8.00. The minimum absolute atomic E-state index is 0.0124. The van der Waals surface area contributed by atoms with Crippen molar-refractivity contribution in [2.24, 2.45) is 0 Å². The Morgan fingerprint density at radius 3 is 1.82 bits per heavy atom. The Morgan fingerprint density at radius 1 is 0.676 bits per heavy atom. The summed E-state index contributed by atoms with van der Waals surface area (Å²) in [5, 5.41) is 21.9. The van der Waals surface area contributed by atoms with Gasteiger partial charge in [-0.05, 0) is 39.7 Å². The van der Waals surface area contributed by atoms with Crippen molar-refractivity contribution < 1.29 is 9.72 Å². The molecule has 0 unspecified atom stereocenters. The number of carbonyl (C=O) groups excluding carboxylic acids is 1. The van der Waals surface area contributed by atoms with Gasteiger partial charge in [-0.2, -0.15) is 0 Å². The summed E-state index contributed by atoms with van der Waals surface area (Å²) in [5.74, 6) is -0.176. The molecule has 0 heterocycles. The van der Waals surface area contributed by atoms with E-state index in [0.29, 0.717) is 17.1 Å². The number of anilines is 3. The molecule has 0 atom stereocenters. The Hall–Kier alpha value is -4.71. The number of nitrogens with one attached hydrogen (secondary N) is 2. The van der Waals surface area contributed by atoms with Crippen LogP contribution < -0.4 is 10.6 Å². The summed E-state index contributed by atoms with van der Waals surface area (Å²) >= 11 is 0. The quantitative estimate of drug-likeness (QED) is 0.219. The lowest BCUT2D eigenvalue weighted by Crippen LogP contribution is -2.08. The van der Waals surface area contributed by atoms with Gasteiger partial charge in [-0.3, -0.25) is 14.9 Å². The highest BCUT2D eigenvalue weighted by Gasteiger charge is 2.20. The van der Waals surface area contributed by atoms with Crippen molar-refractivity contribution in [3.05, 3.63) is 107 Å². The molecule has 0 bridgehead atoms. The third kappa shape index (κ3) is 3.82. The molecule has 0 aliphatic carbocycles. The summed E-state index contributed by atoms with van der Waals surface area (Å²) in [6, 6.07) is 30.3. The largest absolute Gasteiger partial charge is 0.349 e. The van der Waals surface area contributed by atoms with Gasteiger partial charge in [0.25, 0.3) is 5.69 Å². The van der Waals surface area contributed by atoms with Crippen molar-refractivity contribution in [1.29, 1.82) is 0 Å². The van der Waals surface area contributed by atoms with Crippen molar-refractivity contribution >= 4 is 50.2 Å². The predicted octanol–water partition coefficient (Wildman–Crippen LogP) is 7.27. The lowest BCUT2D eigenvalue weighted by Gasteiger charge is -2.20. The maximum atomic E-state index is 12.1. The number of fused-ring (bicyclic) bond motifs is 2. The molecule has 6 heteroatoms. The molecule has 0 saturated carbocycles. The fourth-order valence-corrected chi connectivity index (χ4v) is 4.36. The van der Waals surface area contributed by atoms with Gasteiger partial charge in [0, 0.05) is 35.5 Å². The van der Waals surface area contributed by atoms with Crippen LogP contribution in [0.2, 0.25) is 0 Å². The van der Waals surface area contributed by atoms with E-state index in [1.807, 2.05) is 72.8 Å². The van der Waals surface area contributed by atoms with E-state index < -0.39 is 4.92 Å². The lowest BCUT2D eigenvalue weighted by atomic mass is 9.91. The SMILES string of the molecule is CC(=O)Nc1ccc2ccccc2c1-c1c(Nc2ccccc2[N+](=O)[O-])ccc2ccccc12. The third-order valence-electron chi connectivity index (χ3n) is 5.79. The molecular formula is C28H21N3O3. The van der Waals surface area contributed by atoms with Crippen LogP contribution in [0.5, 0.6) is 0 Å². The van der Waals surface area contributed by atoms with Crippen LogP contribution in [0.1, 0.15) is 6.92 Å². The van der Waals surface area contributed by atoms with Gasteiger partial charge in [0.05, 0.1) is 4.92 Å². The van der Waals surface area contributed by atoms with E-state index in [9.17, 15) is 14.9 Å². The zero-order valence-electron chi connectivity index (χ0n) is 18.4. The zero-order valence-corrected chi connectivity index (χ0v) is 18.4. The first kappa shape index (κ1) is 21.2. The maximum Gasteiger partial charge on any atom is 0.292 e. The fraction of sp³-hybridized carbons (Fsp3) is 0.0357. The summed E-state index contributed by atoms with van der Waals surface area (Å²) in [5.41, 5.74) is 3.47. The third-order valence-corrected chi connectivity index (χ3v) is 5.79. The number of nitrogens with zero attached hydrogens (tertiary/aromatic N) is 1. The number of carbonyl (C=O) groups is 1. The molecule has 34 heavy (non-hydrogen) atoms. The fourth-order valence-electron chi connectivity index (χ4n) is 4.36. The number of amides is 1. The van der Waals surface area contributed by atoms with Crippen LogP contribution in [0.15, 0.2) is 97.1 Å². The van der Waals surface area contributed by atoms with Gasteiger partial charge >= 0.3 is 0 Å². The first-order valence-corrected chi connectivity index (χ1v) is 10.8. The minimum Gasteiger partial charge on any atom is -0.349 e. The maximum absolute atomic E-state index is 12.1. The lowest BCUT2D eigenvalue weighted by molar-refractivity contribution is -0.383. The molecule has 5 rings (SSSR count). The standard InChI is InChI=1S/C28H21N3O3/c1-18(32)29-24-16-14-19-8-2-4-10-21(19)27(24)28-22-11-5-3-9-20(22)15-17-25(28)30-23-12-6-7-13-26(23)31(33)34/h2-17,30H,1H3,(H,29,32). The summed E-state index contributed by atoms with van der Waals surface area (Å²) in [6.45, 7) is 1.48. The summed E-state index contributed by atoms with van der Waals surface area (Å²) in [4.78, 5) is 23.3. The van der Waals surface area contributed by atoms with Crippen LogP contribution >= 0.6 is 0 Å². The highest BCUT2D eigenvalue weighted by atomic mass is 16.6. The van der Waals surface area contributed by atoms with E-state index in [1.165, 1.54) is 13.0 Å². The highest BCUT2D eigenvalue weighted by Crippen LogP contribution is 2.44. The number of para-hydroxylation sites is 2. The Bertz CT molecular complexity index is 1580. The Kier molecular flexibility index (Phi) is 5.40. The van der Waals surface area contributed by atoms with E-state index in [2.05, 4.69) is 10.6 Å². The van der Waals surface area contributed by atoms with Gasteiger partial charge in [-0.1, -0.05) is 72.8 Å². The van der Waals surface area contributed by atoms with Gasteiger partial charge in [-0.25, -0.2) is 0 Å². The van der Waals surface area contributed by atoms with Crippen molar-refractivity contribution in [2.75, 3.05) is 10.6 Å². The van der Waals surface area contributed by atoms with Crippen LogP contribution in [0.3, 0.4) is 0 Å². The van der Waals surface area contributed by atoms with Crippen molar-refractivity contribution in [1.82, 2.24) is 0 Å². The van der Waals surface area contributed by atoms with Gasteiger partial charge in [0.15, 0.2) is 0 Å². The summed E-state index contributed by atoms with van der Waals surface area (Å²) < 4.78 is 0. The van der Waals surface area contributed by atoms with E-state index in [4.69, 9.17) is 0 Å². The Morgan fingerprint density at radius 2 is 1.21 bits per heavy atom. The van der Waals surface area contributed by atoms with Crippen LogP contribution in [0.25, 0.3) is 32.7 Å². The predicted molar refractivity (Wildman–Crippen MR) is 138 cm³/mol. The molecule has 0 fully saturated rings. The van der Waals surface area contributed by atoms with E-state index >= 15 is 0 Å². The second kappa shape index (κ2) is 8.67. The van der Waals surface area contributed by atoms with E-state index in [-0.39, 0.29) is 11.6 Å². The van der Waals surface area contributed by atoms with E-state index in [1.54, 1.807) is 18.2 Å². The average molecular weight is 447 g/mol. The zero-order chi connectivity index (χ0) is 23.7. The first-order chi connectivity index (χ1) is 16.5. The molecule has 5 aromatic carbocycles. The molecular weight excluding hydrogens is 426 g/mol. The number of nitro benzene ring substituents is 1. The normalized spacial score (nSPS) is 10.9. The smallest absolute Gasteiger partial charge is 0.292 e. The number of hydrogen-bond acceptors (Lipinski definition) is 4. The Labute approximate surface area is 196 Å². The van der Waals surface area contributed by atoms with Crippen molar-refractivity contribution in [3.8, 4) is 11.1 Å². The molecule has 1 amide bonds. The Balaban J connectivity index is 1.85. The second-order valence-corrected chi connectivity index (χ2v) is 8.00.